The first kappa shape index (κ1) is 12.1. The van der Waals surface area contributed by atoms with Crippen LogP contribution in [0.1, 0.15) is 25.6 Å². The van der Waals surface area contributed by atoms with Gasteiger partial charge in [-0.25, -0.2) is 0 Å². The quantitative estimate of drug-likeness (QED) is 0.579. The lowest BCUT2D eigenvalue weighted by Crippen LogP contribution is -2.26. The molecule has 0 spiro atoms. The molecule has 0 amide bonds. The molecule has 92 valence electrons. The highest BCUT2D eigenvalue weighted by Gasteiger charge is 2.44. The van der Waals surface area contributed by atoms with E-state index in [0.29, 0.717) is 0 Å². The third kappa shape index (κ3) is 2.48. The standard InChI is InChI=1S/C13H17NO3/c1-9(2)12(8-15)14-13(17-14)10-4-6-11(16-3)7-5-10/h4-9,12-13H,1-3H3/t12-,13?,14?/m1/s1. The molecule has 1 heterocycles. The largest absolute Gasteiger partial charge is 0.497 e. The molecule has 0 aliphatic carbocycles. The monoisotopic (exact) mass is 235 g/mol. The molecule has 1 aromatic carbocycles. The summed E-state index contributed by atoms with van der Waals surface area (Å²) in [6.07, 6.45) is 0.840. The number of ether oxygens (including phenoxy) is 1. The molecule has 1 aliphatic rings. The van der Waals surface area contributed by atoms with E-state index in [0.717, 1.165) is 17.6 Å². The summed E-state index contributed by atoms with van der Waals surface area (Å²) in [5, 5.41) is 1.74. The summed E-state index contributed by atoms with van der Waals surface area (Å²) in [6, 6.07) is 7.50. The van der Waals surface area contributed by atoms with Crippen molar-refractivity contribution in [3.63, 3.8) is 0 Å². The Morgan fingerprint density at radius 3 is 2.47 bits per heavy atom. The normalized spacial score (nSPS) is 24.5. The van der Waals surface area contributed by atoms with Crippen molar-refractivity contribution in [2.45, 2.75) is 26.1 Å². The van der Waals surface area contributed by atoms with Crippen LogP contribution in [0.15, 0.2) is 24.3 Å². The molecule has 17 heavy (non-hydrogen) atoms. The minimum Gasteiger partial charge on any atom is -0.497 e. The van der Waals surface area contributed by atoms with Gasteiger partial charge in [0.2, 0.25) is 0 Å². The number of aldehydes is 1. The number of hydrogen-bond acceptors (Lipinski definition) is 4. The topological polar surface area (TPSA) is 41.8 Å². The second-order valence-electron chi connectivity index (χ2n) is 4.46. The Labute approximate surface area is 101 Å². The van der Waals surface area contributed by atoms with Gasteiger partial charge in [0.15, 0.2) is 6.23 Å². The summed E-state index contributed by atoms with van der Waals surface area (Å²) < 4.78 is 5.09. The fourth-order valence-electron chi connectivity index (χ4n) is 1.80. The van der Waals surface area contributed by atoms with E-state index in [1.54, 1.807) is 12.2 Å². The number of hydrogen-bond donors (Lipinski definition) is 0. The molecule has 0 saturated carbocycles. The van der Waals surface area contributed by atoms with Crippen LogP contribution in [0.2, 0.25) is 0 Å². The number of carbonyl (C=O) groups is 1. The van der Waals surface area contributed by atoms with Crippen molar-refractivity contribution in [1.82, 2.24) is 5.06 Å². The SMILES string of the molecule is COc1ccc(C2ON2[C@H](C=O)C(C)C)cc1. The van der Waals surface area contributed by atoms with E-state index in [1.807, 2.05) is 38.1 Å². The molecule has 4 heteroatoms. The predicted octanol–water partition coefficient (Wildman–Crippen LogP) is 2.16. The first-order chi connectivity index (χ1) is 8.17. The van der Waals surface area contributed by atoms with Crippen LogP contribution in [-0.4, -0.2) is 24.5 Å². The van der Waals surface area contributed by atoms with Crippen LogP contribution in [0.3, 0.4) is 0 Å². The van der Waals surface area contributed by atoms with Crippen molar-refractivity contribution in [1.29, 1.82) is 0 Å². The van der Waals surface area contributed by atoms with Crippen molar-refractivity contribution in [2.24, 2.45) is 5.92 Å². The lowest BCUT2D eigenvalue weighted by Gasteiger charge is -2.12. The van der Waals surface area contributed by atoms with Gasteiger partial charge in [0.1, 0.15) is 12.0 Å². The van der Waals surface area contributed by atoms with Crippen LogP contribution < -0.4 is 4.74 Å². The number of carbonyl (C=O) groups excluding carboxylic acids is 1. The van der Waals surface area contributed by atoms with Gasteiger partial charge in [0, 0.05) is 0 Å². The Morgan fingerprint density at radius 2 is 2.00 bits per heavy atom. The van der Waals surface area contributed by atoms with E-state index in [4.69, 9.17) is 9.57 Å². The van der Waals surface area contributed by atoms with Crippen LogP contribution in [0.5, 0.6) is 5.75 Å². The number of methoxy groups -OCH3 is 1. The first-order valence-corrected chi connectivity index (χ1v) is 5.71. The van der Waals surface area contributed by atoms with E-state index in [9.17, 15) is 4.79 Å². The second kappa shape index (κ2) is 4.85. The molecule has 0 aromatic heterocycles. The van der Waals surface area contributed by atoms with E-state index in [1.165, 1.54) is 0 Å². The molecule has 1 fully saturated rings. The van der Waals surface area contributed by atoms with Gasteiger partial charge in [-0.3, -0.25) is 4.84 Å². The minimum absolute atomic E-state index is 0.0986. The van der Waals surface area contributed by atoms with Gasteiger partial charge >= 0.3 is 0 Å². The van der Waals surface area contributed by atoms with Crippen LogP contribution >= 0.6 is 0 Å². The van der Waals surface area contributed by atoms with Gasteiger partial charge in [-0.05, 0) is 23.6 Å². The van der Waals surface area contributed by atoms with Gasteiger partial charge in [-0.1, -0.05) is 26.0 Å². The summed E-state index contributed by atoms with van der Waals surface area (Å²) in [7, 11) is 1.64. The van der Waals surface area contributed by atoms with Crippen molar-refractivity contribution >= 4 is 6.29 Å². The van der Waals surface area contributed by atoms with E-state index < -0.39 is 0 Å². The van der Waals surface area contributed by atoms with Crippen LogP contribution in [0.4, 0.5) is 0 Å². The second-order valence-corrected chi connectivity index (χ2v) is 4.46. The Morgan fingerprint density at radius 1 is 1.35 bits per heavy atom. The van der Waals surface area contributed by atoms with Gasteiger partial charge in [0.05, 0.1) is 13.2 Å². The highest BCUT2D eigenvalue weighted by molar-refractivity contribution is 5.58. The number of rotatable bonds is 5. The average Bonchev–Trinajstić information content (AvgIpc) is 3.10. The van der Waals surface area contributed by atoms with Crippen molar-refractivity contribution in [3.8, 4) is 5.75 Å². The van der Waals surface area contributed by atoms with Crippen LogP contribution in [0.25, 0.3) is 0 Å². The highest BCUT2D eigenvalue weighted by atomic mass is 16.8. The molecule has 2 rings (SSSR count). The van der Waals surface area contributed by atoms with Crippen LogP contribution in [-0.2, 0) is 9.63 Å². The fourth-order valence-corrected chi connectivity index (χ4v) is 1.80. The zero-order valence-electron chi connectivity index (χ0n) is 10.3. The minimum atomic E-state index is -0.179. The molecule has 4 nitrogen and oxygen atoms in total. The zero-order valence-corrected chi connectivity index (χ0v) is 10.3. The fraction of sp³-hybridized carbons (Fsp3) is 0.462. The Bertz CT molecular complexity index is 388. The van der Waals surface area contributed by atoms with Crippen molar-refractivity contribution < 1.29 is 14.4 Å². The van der Waals surface area contributed by atoms with E-state index in [-0.39, 0.29) is 18.2 Å². The van der Waals surface area contributed by atoms with Gasteiger partial charge < -0.3 is 9.53 Å². The molecule has 0 N–H and O–H groups in total. The summed E-state index contributed by atoms with van der Waals surface area (Å²) in [4.78, 5) is 16.4. The zero-order chi connectivity index (χ0) is 12.4. The molecule has 1 aromatic rings. The van der Waals surface area contributed by atoms with Gasteiger partial charge in [-0.2, -0.15) is 0 Å². The summed E-state index contributed by atoms with van der Waals surface area (Å²) in [6.45, 7) is 4.01. The number of hydroxylamine groups is 2. The van der Waals surface area contributed by atoms with Gasteiger partial charge in [-0.15, -0.1) is 5.06 Å². The molecule has 1 aliphatic heterocycles. The maximum atomic E-state index is 11.0. The number of nitrogens with zero attached hydrogens (tertiary/aromatic N) is 1. The molecule has 3 atom stereocenters. The average molecular weight is 235 g/mol. The molecule has 0 radical (unpaired) electrons. The van der Waals surface area contributed by atoms with E-state index in [2.05, 4.69) is 0 Å². The summed E-state index contributed by atoms with van der Waals surface area (Å²) in [5.41, 5.74) is 1.04. The highest BCUT2D eigenvalue weighted by Crippen LogP contribution is 2.40. The third-order valence-corrected chi connectivity index (χ3v) is 2.92. The number of benzene rings is 1. The Kier molecular flexibility index (Phi) is 3.45. The molecular weight excluding hydrogens is 218 g/mol. The Balaban J connectivity index is 2.04. The smallest absolute Gasteiger partial charge is 0.180 e. The first-order valence-electron chi connectivity index (χ1n) is 5.71. The predicted molar refractivity (Wildman–Crippen MR) is 63.3 cm³/mol. The summed E-state index contributed by atoms with van der Waals surface area (Å²) in [5.74, 6) is 1.06. The maximum absolute atomic E-state index is 11.0. The lowest BCUT2D eigenvalue weighted by atomic mass is 10.1. The van der Waals surface area contributed by atoms with E-state index >= 15 is 0 Å². The third-order valence-electron chi connectivity index (χ3n) is 2.92. The van der Waals surface area contributed by atoms with Crippen molar-refractivity contribution in [3.05, 3.63) is 29.8 Å². The molecule has 1 saturated heterocycles. The maximum Gasteiger partial charge on any atom is 0.180 e. The molecular formula is C13H17NO3. The molecule has 2 unspecified atom stereocenters. The van der Waals surface area contributed by atoms with Crippen molar-refractivity contribution in [2.75, 3.05) is 7.11 Å². The lowest BCUT2D eigenvalue weighted by molar-refractivity contribution is -0.114. The van der Waals surface area contributed by atoms with Gasteiger partial charge in [0.25, 0.3) is 0 Å². The van der Waals surface area contributed by atoms with Crippen LogP contribution in [0, 0.1) is 5.92 Å². The Hall–Kier alpha value is -1.39. The summed E-state index contributed by atoms with van der Waals surface area (Å²) >= 11 is 0. The molecule has 0 bridgehead atoms.